The molecule has 0 aliphatic heterocycles. The van der Waals surface area contributed by atoms with E-state index in [4.69, 9.17) is 5.73 Å². The van der Waals surface area contributed by atoms with Gasteiger partial charge in [0.2, 0.25) is 0 Å². The summed E-state index contributed by atoms with van der Waals surface area (Å²) in [4.78, 5) is 30.1. The van der Waals surface area contributed by atoms with E-state index >= 15 is 0 Å². The Hall–Kier alpha value is 1.57. The summed E-state index contributed by atoms with van der Waals surface area (Å²) in [6.45, 7) is 2.26. The fraction of sp³-hybridized carbons (Fsp3) is 0.812. The van der Waals surface area contributed by atoms with Gasteiger partial charge in [0.25, 0.3) is 0 Å². The molecule has 2 N–H and O–H groups in total. The zero-order valence-corrected chi connectivity index (χ0v) is 22.5. The van der Waals surface area contributed by atoms with E-state index in [1.165, 1.54) is 51.4 Å². The van der Waals surface area contributed by atoms with Crippen molar-refractivity contribution in [3.8, 4) is 0 Å². The molecule has 0 aliphatic rings. The van der Waals surface area contributed by atoms with E-state index in [-0.39, 0.29) is 59.1 Å². The minimum Gasteiger partial charge on any atom is -0.550 e. The third-order valence-electron chi connectivity index (χ3n) is 3.32. The smallest absolute Gasteiger partial charge is 0.550 e. The molecule has 0 spiro atoms. The van der Waals surface area contributed by atoms with Crippen LogP contribution in [0.2, 0.25) is 0 Å². The summed E-state index contributed by atoms with van der Waals surface area (Å²) in [7, 11) is 0. The number of unbranched alkanes of at least 4 members (excludes halogenated alkanes) is 8. The molecule has 1 atom stereocenters. The van der Waals surface area contributed by atoms with Crippen molar-refractivity contribution in [3.63, 3.8) is 0 Å². The van der Waals surface area contributed by atoms with Crippen LogP contribution in [0.3, 0.4) is 0 Å². The minimum absolute atomic E-state index is 0. The van der Waals surface area contributed by atoms with Crippen molar-refractivity contribution >= 4 is 42.9 Å². The minimum atomic E-state index is -1.58. The molecule has 1 unspecified atom stereocenters. The van der Waals surface area contributed by atoms with Gasteiger partial charge in [0.05, 0.1) is 5.97 Å². The van der Waals surface area contributed by atoms with Gasteiger partial charge in [-0.1, -0.05) is 0 Å². The van der Waals surface area contributed by atoms with Gasteiger partial charge in [0.15, 0.2) is 0 Å². The van der Waals surface area contributed by atoms with E-state index in [9.17, 15) is 24.6 Å². The van der Waals surface area contributed by atoms with Crippen LogP contribution in [0.15, 0.2) is 0 Å². The van der Waals surface area contributed by atoms with Crippen molar-refractivity contribution in [1.82, 2.24) is 0 Å². The number of hydrogen-bond acceptors (Lipinski definition) is 6. The Kier molecular flexibility index (Phi) is 34.9. The molecule has 0 fully saturated rings. The first-order chi connectivity index (χ1) is 10.8. The van der Waals surface area contributed by atoms with E-state index in [1.54, 1.807) is 0 Å². The van der Waals surface area contributed by atoms with Gasteiger partial charge in [-0.3, -0.25) is 0 Å². The number of aliphatic carboxylic acids is 2. The molecule has 0 aromatic heterocycles. The molecule has 0 bridgehead atoms. The summed E-state index contributed by atoms with van der Waals surface area (Å²) in [5.74, 6) is -3.08. The van der Waals surface area contributed by atoms with Gasteiger partial charge < -0.3 is 25.5 Å². The molecule has 0 aliphatic carbocycles. The summed E-state index contributed by atoms with van der Waals surface area (Å²) >= 11 is 0.751. The zero-order valence-electron chi connectivity index (χ0n) is 16.5. The van der Waals surface area contributed by atoms with Gasteiger partial charge in [-0.2, -0.15) is 0 Å². The largest absolute Gasteiger partial charge is 1.00 e. The van der Waals surface area contributed by atoms with Crippen LogP contribution in [-0.2, 0) is 14.4 Å². The summed E-state index contributed by atoms with van der Waals surface area (Å²) in [6.07, 6.45) is 12.2. The zero-order chi connectivity index (χ0) is 18.1. The average Bonchev–Trinajstić information content (AvgIpc) is 2.45. The summed E-state index contributed by atoms with van der Waals surface area (Å²) in [6, 6.07) is -1.46. The molecular weight excluding hydrogens is 355 g/mol. The second-order valence-electron chi connectivity index (χ2n) is 5.78. The Labute approximate surface area is 213 Å². The van der Waals surface area contributed by atoms with Crippen molar-refractivity contribution in [2.24, 2.45) is 5.73 Å². The molecule has 0 aromatic rings. The standard InChI is InChI=1S/C12H23O.C4H7NO4.3Na/c1-2-3-4-5-6-7-8-9-10-11-12-13;5-2(4(8)9)1-3(6)7;;;/h2-11H2,1H3;2H,1,5H2,(H,6,7)(H,8,9);;;/q;;;2*+1/p-2. The van der Waals surface area contributed by atoms with Crippen molar-refractivity contribution in [2.45, 2.75) is 83.6 Å². The van der Waals surface area contributed by atoms with E-state index in [1.807, 2.05) is 0 Å². The molecule has 130 valence electrons. The van der Waals surface area contributed by atoms with Gasteiger partial charge in [-0.25, -0.2) is 0 Å². The summed E-state index contributed by atoms with van der Waals surface area (Å²) in [5.41, 5.74) is 4.73. The maximum Gasteiger partial charge on any atom is 1.00 e. The monoisotopic (exact) mass is 383 g/mol. The first kappa shape index (κ1) is 34.1. The number of carbonyl (C=O) groups is 3. The third kappa shape index (κ3) is 33.6. The summed E-state index contributed by atoms with van der Waals surface area (Å²) < 4.78 is 0.480. The van der Waals surface area contributed by atoms with Crippen LogP contribution < -0.4 is 75.1 Å². The van der Waals surface area contributed by atoms with Crippen molar-refractivity contribution in [2.75, 3.05) is 0 Å². The predicted molar refractivity (Wildman–Crippen MR) is 85.2 cm³/mol. The van der Waals surface area contributed by atoms with Crippen molar-refractivity contribution < 1.29 is 83.7 Å². The Morgan fingerprint density at radius 2 is 1.28 bits per heavy atom. The molecule has 25 heavy (non-hydrogen) atoms. The van der Waals surface area contributed by atoms with Gasteiger partial charge in [0, 0.05) is 18.4 Å². The third-order valence-corrected chi connectivity index (χ3v) is 3.82. The van der Waals surface area contributed by atoms with E-state index < -0.39 is 24.4 Å². The fourth-order valence-electron chi connectivity index (χ4n) is 1.95. The fourth-order valence-corrected chi connectivity index (χ4v) is 2.30. The molecule has 0 saturated heterocycles. The van der Waals surface area contributed by atoms with Gasteiger partial charge in [-0.15, -0.1) is 0 Å². The van der Waals surface area contributed by atoms with Crippen LogP contribution in [0.4, 0.5) is 0 Å². The second-order valence-corrected chi connectivity index (χ2v) is 6.90. The van der Waals surface area contributed by atoms with Crippen LogP contribution >= 0.6 is 0 Å². The first-order valence-electron chi connectivity index (χ1n) is 8.47. The molecule has 0 heterocycles. The quantitative estimate of drug-likeness (QED) is 0.249. The number of rotatable bonds is 13. The Balaban J connectivity index is -0.000000177. The normalized spacial score (nSPS) is 10.4. The molecule has 0 radical (unpaired) electrons. The molecule has 9 heteroatoms. The molecule has 0 amide bonds. The number of carboxylic acids is 2. The SMILES string of the molecule is CCCCCCCCCCC[C](=O)[Na].NC(CC(=O)[O-])C(=O)[O-].[Na+].[Na+]. The number of nitrogens with two attached hydrogens (primary N) is 1. The Morgan fingerprint density at radius 3 is 1.56 bits per heavy atom. The van der Waals surface area contributed by atoms with Crippen LogP contribution in [0.25, 0.3) is 0 Å². The van der Waals surface area contributed by atoms with E-state index in [2.05, 4.69) is 6.92 Å². The summed E-state index contributed by atoms with van der Waals surface area (Å²) in [5, 5.41) is 19.3. The maximum atomic E-state index is 10.7. The van der Waals surface area contributed by atoms with Crippen molar-refractivity contribution in [1.29, 1.82) is 0 Å². The molecule has 6 nitrogen and oxygen atoms in total. The van der Waals surface area contributed by atoms with Gasteiger partial charge >= 0.3 is 166 Å². The topological polar surface area (TPSA) is 123 Å². The van der Waals surface area contributed by atoms with Crippen LogP contribution in [0.1, 0.15) is 77.6 Å². The van der Waals surface area contributed by atoms with Crippen LogP contribution in [-0.4, -0.2) is 48.9 Å². The van der Waals surface area contributed by atoms with Crippen LogP contribution in [0.5, 0.6) is 0 Å². The Morgan fingerprint density at radius 1 is 0.880 bits per heavy atom. The number of carbonyl (C=O) groups excluding carboxylic acids is 3. The molecule has 0 aromatic carbocycles. The average molecular weight is 383 g/mol. The predicted octanol–water partition coefficient (Wildman–Crippen LogP) is -6.19. The van der Waals surface area contributed by atoms with E-state index in [0.717, 1.165) is 40.8 Å². The van der Waals surface area contributed by atoms with Gasteiger partial charge in [0.1, 0.15) is 0 Å². The van der Waals surface area contributed by atoms with Crippen LogP contribution in [0, 0.1) is 0 Å². The van der Waals surface area contributed by atoms with Gasteiger partial charge in [-0.05, 0) is 0 Å². The Bertz CT molecular complexity index is 344. The molecule has 0 rings (SSSR count). The first-order valence-corrected chi connectivity index (χ1v) is 9.47. The number of carboxylic acid groups (broad SMARTS) is 2. The molecule has 0 saturated carbocycles. The molecular formula is C16H28NNa3O5. The van der Waals surface area contributed by atoms with Crippen molar-refractivity contribution in [3.05, 3.63) is 0 Å². The maximum absolute atomic E-state index is 10.7. The van der Waals surface area contributed by atoms with E-state index in [0.29, 0.717) is 3.03 Å². The second kappa shape index (κ2) is 25.6. The number of hydrogen-bond donors (Lipinski definition) is 1.